The van der Waals surface area contributed by atoms with E-state index in [-0.39, 0.29) is 5.75 Å². The Morgan fingerprint density at radius 1 is 1.47 bits per heavy atom. The van der Waals surface area contributed by atoms with Gasteiger partial charge in [-0.25, -0.2) is 4.98 Å². The standard InChI is InChI=1S/C13H23N3O2S/c1-4-15(5-2)7-6-8-16-9-11(3)14-13(16)19-10-12(17)18/h9H,4-8,10H2,1-3H3,(H,17,18). The predicted molar refractivity (Wildman–Crippen MR) is 77.7 cm³/mol. The van der Waals surface area contributed by atoms with E-state index in [0.29, 0.717) is 0 Å². The molecule has 0 bridgehead atoms. The van der Waals surface area contributed by atoms with Crippen LogP contribution >= 0.6 is 11.8 Å². The van der Waals surface area contributed by atoms with E-state index in [0.717, 1.165) is 43.5 Å². The second kappa shape index (κ2) is 8.22. The summed E-state index contributed by atoms with van der Waals surface area (Å²) < 4.78 is 2.06. The summed E-state index contributed by atoms with van der Waals surface area (Å²) in [6.45, 7) is 10.4. The largest absolute Gasteiger partial charge is 0.481 e. The maximum atomic E-state index is 10.6. The number of aromatic nitrogens is 2. The van der Waals surface area contributed by atoms with Crippen molar-refractivity contribution in [2.75, 3.05) is 25.4 Å². The number of hydrogen-bond acceptors (Lipinski definition) is 4. The molecule has 0 saturated carbocycles. The normalized spacial score (nSPS) is 11.2. The number of carbonyl (C=O) groups is 1. The third-order valence-electron chi connectivity index (χ3n) is 2.95. The fourth-order valence-electron chi connectivity index (χ4n) is 1.93. The lowest BCUT2D eigenvalue weighted by Gasteiger charge is -2.18. The number of nitrogens with zero attached hydrogens (tertiary/aromatic N) is 3. The SMILES string of the molecule is CCN(CC)CCCn1cc(C)nc1SCC(=O)O. The van der Waals surface area contributed by atoms with Crippen LogP contribution in [-0.2, 0) is 11.3 Å². The van der Waals surface area contributed by atoms with Gasteiger partial charge in [0.1, 0.15) is 0 Å². The number of carboxylic acids is 1. The number of rotatable bonds is 9. The smallest absolute Gasteiger partial charge is 0.313 e. The molecule has 0 aliphatic heterocycles. The van der Waals surface area contributed by atoms with Gasteiger partial charge in [0.25, 0.3) is 0 Å². The summed E-state index contributed by atoms with van der Waals surface area (Å²) in [5, 5.41) is 9.53. The minimum Gasteiger partial charge on any atom is -0.481 e. The van der Waals surface area contributed by atoms with E-state index in [4.69, 9.17) is 5.11 Å². The van der Waals surface area contributed by atoms with Gasteiger partial charge in [-0.1, -0.05) is 25.6 Å². The van der Waals surface area contributed by atoms with E-state index in [1.54, 1.807) is 0 Å². The minimum absolute atomic E-state index is 0.0620. The Labute approximate surface area is 119 Å². The van der Waals surface area contributed by atoms with Crippen LogP contribution in [-0.4, -0.2) is 50.9 Å². The minimum atomic E-state index is -0.805. The summed E-state index contributed by atoms with van der Waals surface area (Å²) >= 11 is 1.29. The van der Waals surface area contributed by atoms with Gasteiger partial charge in [0.15, 0.2) is 5.16 Å². The van der Waals surface area contributed by atoms with Gasteiger partial charge in [0.2, 0.25) is 0 Å². The van der Waals surface area contributed by atoms with Crippen molar-refractivity contribution < 1.29 is 9.90 Å². The van der Waals surface area contributed by atoms with Crippen molar-refractivity contribution in [1.29, 1.82) is 0 Å². The molecule has 1 rings (SSSR count). The molecule has 6 heteroatoms. The summed E-state index contributed by atoms with van der Waals surface area (Å²) in [7, 11) is 0. The number of thioether (sulfide) groups is 1. The van der Waals surface area contributed by atoms with E-state index in [2.05, 4.69) is 28.3 Å². The molecule has 0 aromatic carbocycles. The lowest BCUT2D eigenvalue weighted by Crippen LogP contribution is -2.24. The third-order valence-corrected chi connectivity index (χ3v) is 3.93. The fraction of sp³-hybridized carbons (Fsp3) is 0.692. The monoisotopic (exact) mass is 285 g/mol. The van der Waals surface area contributed by atoms with Crippen molar-refractivity contribution in [2.24, 2.45) is 0 Å². The Morgan fingerprint density at radius 2 is 2.16 bits per heavy atom. The van der Waals surface area contributed by atoms with E-state index < -0.39 is 5.97 Å². The summed E-state index contributed by atoms with van der Waals surface area (Å²) in [4.78, 5) is 17.4. The highest BCUT2D eigenvalue weighted by Gasteiger charge is 2.09. The molecule has 0 aliphatic carbocycles. The van der Waals surface area contributed by atoms with E-state index in [1.165, 1.54) is 11.8 Å². The lowest BCUT2D eigenvalue weighted by atomic mass is 10.3. The van der Waals surface area contributed by atoms with Gasteiger partial charge < -0.3 is 14.6 Å². The second-order valence-corrected chi connectivity index (χ2v) is 5.36. The summed E-state index contributed by atoms with van der Waals surface area (Å²) in [6.07, 6.45) is 3.05. The van der Waals surface area contributed by atoms with Crippen molar-refractivity contribution in [3.8, 4) is 0 Å². The van der Waals surface area contributed by atoms with Crippen LogP contribution in [0.1, 0.15) is 26.0 Å². The lowest BCUT2D eigenvalue weighted by molar-refractivity contribution is -0.133. The van der Waals surface area contributed by atoms with E-state index in [9.17, 15) is 4.79 Å². The topological polar surface area (TPSA) is 58.4 Å². The highest BCUT2D eigenvalue weighted by molar-refractivity contribution is 7.99. The van der Waals surface area contributed by atoms with Crippen molar-refractivity contribution in [3.63, 3.8) is 0 Å². The van der Waals surface area contributed by atoms with E-state index >= 15 is 0 Å². The Morgan fingerprint density at radius 3 is 2.74 bits per heavy atom. The number of carboxylic acid groups (broad SMARTS) is 1. The highest BCUT2D eigenvalue weighted by Crippen LogP contribution is 2.17. The molecule has 1 N–H and O–H groups in total. The zero-order valence-electron chi connectivity index (χ0n) is 11.9. The molecule has 1 aromatic rings. The number of aryl methyl sites for hydroxylation is 2. The maximum absolute atomic E-state index is 10.6. The first-order chi connectivity index (χ1) is 9.06. The van der Waals surface area contributed by atoms with Crippen LogP contribution in [0.3, 0.4) is 0 Å². The summed E-state index contributed by atoms with van der Waals surface area (Å²) in [6, 6.07) is 0. The molecule has 0 unspecified atom stereocenters. The van der Waals surface area contributed by atoms with E-state index in [1.807, 2.05) is 13.1 Å². The van der Waals surface area contributed by atoms with Gasteiger partial charge >= 0.3 is 5.97 Å². The molecule has 19 heavy (non-hydrogen) atoms. The number of hydrogen-bond donors (Lipinski definition) is 1. The molecular weight excluding hydrogens is 262 g/mol. The van der Waals surface area contributed by atoms with Gasteiger partial charge in [0.05, 0.1) is 11.4 Å². The van der Waals surface area contributed by atoms with Crippen LogP contribution in [0.5, 0.6) is 0 Å². The fourth-order valence-corrected chi connectivity index (χ4v) is 2.70. The molecule has 1 heterocycles. The second-order valence-electron chi connectivity index (χ2n) is 4.42. The van der Waals surface area contributed by atoms with Crippen LogP contribution in [0, 0.1) is 6.92 Å². The summed E-state index contributed by atoms with van der Waals surface area (Å²) in [5.41, 5.74) is 0.940. The third kappa shape index (κ3) is 5.65. The van der Waals surface area contributed by atoms with Crippen molar-refractivity contribution >= 4 is 17.7 Å². The average Bonchev–Trinajstić information content (AvgIpc) is 2.72. The average molecular weight is 285 g/mol. The van der Waals surface area contributed by atoms with Gasteiger partial charge in [-0.15, -0.1) is 0 Å². The molecule has 0 radical (unpaired) electrons. The first-order valence-electron chi connectivity index (χ1n) is 6.67. The van der Waals surface area contributed by atoms with Gasteiger partial charge in [-0.05, 0) is 33.0 Å². The number of aliphatic carboxylic acids is 1. The molecular formula is C13H23N3O2S. The Kier molecular flexibility index (Phi) is 6.94. The van der Waals surface area contributed by atoms with Crippen LogP contribution in [0.4, 0.5) is 0 Å². The first-order valence-corrected chi connectivity index (χ1v) is 7.66. The predicted octanol–water partition coefficient (Wildman–Crippen LogP) is 2.10. The first kappa shape index (κ1) is 16.0. The van der Waals surface area contributed by atoms with Gasteiger partial charge in [-0.2, -0.15) is 0 Å². The summed E-state index contributed by atoms with van der Waals surface area (Å²) in [5.74, 6) is -0.743. The number of imidazole rings is 1. The highest BCUT2D eigenvalue weighted by atomic mass is 32.2. The molecule has 5 nitrogen and oxygen atoms in total. The molecule has 0 aliphatic rings. The van der Waals surface area contributed by atoms with Crippen LogP contribution in [0.25, 0.3) is 0 Å². The maximum Gasteiger partial charge on any atom is 0.313 e. The van der Waals surface area contributed by atoms with Crippen molar-refractivity contribution in [2.45, 2.75) is 38.9 Å². The quantitative estimate of drug-likeness (QED) is 0.704. The molecule has 1 aromatic heterocycles. The van der Waals surface area contributed by atoms with Gasteiger partial charge in [-0.3, -0.25) is 4.79 Å². The van der Waals surface area contributed by atoms with Crippen molar-refractivity contribution in [3.05, 3.63) is 11.9 Å². The molecule has 0 atom stereocenters. The zero-order valence-corrected chi connectivity index (χ0v) is 12.7. The molecule has 108 valence electrons. The Balaban J connectivity index is 2.50. The zero-order chi connectivity index (χ0) is 14.3. The van der Waals surface area contributed by atoms with Crippen LogP contribution in [0.2, 0.25) is 0 Å². The molecule has 0 spiro atoms. The Bertz CT molecular complexity index is 403. The van der Waals surface area contributed by atoms with Crippen LogP contribution < -0.4 is 0 Å². The Hall–Kier alpha value is -1.01. The van der Waals surface area contributed by atoms with Crippen molar-refractivity contribution in [1.82, 2.24) is 14.5 Å². The molecule has 0 fully saturated rings. The molecule has 0 saturated heterocycles. The van der Waals surface area contributed by atoms with Gasteiger partial charge in [0, 0.05) is 12.7 Å². The molecule has 0 amide bonds. The van der Waals surface area contributed by atoms with Crippen LogP contribution in [0.15, 0.2) is 11.4 Å².